The minimum atomic E-state index is 0.701. The first-order chi connectivity index (χ1) is 6.84. The molecule has 2 aromatic heterocycles. The number of hydrogen-bond donors (Lipinski definition) is 1. The van der Waals surface area contributed by atoms with Crippen molar-refractivity contribution in [2.45, 2.75) is 12.8 Å². The molecule has 2 heterocycles. The molecule has 0 bridgehead atoms. The van der Waals surface area contributed by atoms with Crippen LogP contribution in [0.4, 0.5) is 5.69 Å². The molecule has 72 valence electrons. The van der Waals surface area contributed by atoms with Gasteiger partial charge in [0.2, 0.25) is 0 Å². The van der Waals surface area contributed by atoms with Gasteiger partial charge in [-0.1, -0.05) is 0 Å². The average molecular weight is 188 g/mol. The van der Waals surface area contributed by atoms with Crippen LogP contribution >= 0.6 is 0 Å². The van der Waals surface area contributed by atoms with Gasteiger partial charge in [-0.05, 0) is 30.7 Å². The van der Waals surface area contributed by atoms with Crippen molar-refractivity contribution >= 4 is 5.69 Å². The Hall–Kier alpha value is -1.77. The van der Waals surface area contributed by atoms with Crippen LogP contribution in [0.15, 0.2) is 41.1 Å². The van der Waals surface area contributed by atoms with Gasteiger partial charge in [-0.3, -0.25) is 4.98 Å². The van der Waals surface area contributed by atoms with E-state index in [1.54, 1.807) is 12.5 Å². The molecule has 0 saturated carbocycles. The smallest absolute Gasteiger partial charge is 0.104 e. The van der Waals surface area contributed by atoms with E-state index < -0.39 is 0 Å². The van der Waals surface area contributed by atoms with Gasteiger partial charge in [0, 0.05) is 12.1 Å². The first-order valence-corrected chi connectivity index (χ1v) is 4.57. The zero-order valence-electron chi connectivity index (χ0n) is 7.81. The van der Waals surface area contributed by atoms with Gasteiger partial charge in [0.25, 0.3) is 0 Å². The van der Waals surface area contributed by atoms with Crippen molar-refractivity contribution in [1.29, 1.82) is 0 Å². The van der Waals surface area contributed by atoms with E-state index in [0.717, 1.165) is 24.3 Å². The first kappa shape index (κ1) is 8.81. The van der Waals surface area contributed by atoms with E-state index in [4.69, 9.17) is 10.2 Å². The molecule has 0 atom stereocenters. The molecular weight excluding hydrogens is 176 g/mol. The number of aryl methyl sites for hydroxylation is 2. The number of rotatable bonds is 3. The topological polar surface area (TPSA) is 52.0 Å². The summed E-state index contributed by atoms with van der Waals surface area (Å²) in [6.07, 6.45) is 5.13. The van der Waals surface area contributed by atoms with Crippen LogP contribution in [0.25, 0.3) is 0 Å². The molecule has 0 aliphatic rings. The van der Waals surface area contributed by atoms with Gasteiger partial charge in [0.15, 0.2) is 0 Å². The zero-order chi connectivity index (χ0) is 9.80. The quantitative estimate of drug-likeness (QED) is 0.801. The van der Waals surface area contributed by atoms with E-state index in [9.17, 15) is 0 Å². The third-order valence-electron chi connectivity index (χ3n) is 2.06. The lowest BCUT2D eigenvalue weighted by atomic mass is 10.2. The summed E-state index contributed by atoms with van der Waals surface area (Å²) < 4.78 is 5.23. The third kappa shape index (κ3) is 2.13. The first-order valence-electron chi connectivity index (χ1n) is 4.57. The molecule has 0 fully saturated rings. The summed E-state index contributed by atoms with van der Waals surface area (Å²) in [7, 11) is 0. The highest BCUT2D eigenvalue weighted by atomic mass is 16.3. The molecule has 14 heavy (non-hydrogen) atoms. The van der Waals surface area contributed by atoms with Crippen molar-refractivity contribution in [1.82, 2.24) is 4.98 Å². The highest BCUT2D eigenvalue weighted by molar-refractivity contribution is 5.34. The molecule has 0 aliphatic carbocycles. The maximum Gasteiger partial charge on any atom is 0.104 e. The van der Waals surface area contributed by atoms with E-state index in [0.29, 0.717) is 5.69 Å². The van der Waals surface area contributed by atoms with Gasteiger partial charge < -0.3 is 10.2 Å². The minimum absolute atomic E-state index is 0.701. The summed E-state index contributed by atoms with van der Waals surface area (Å²) in [5.74, 6) is 0.989. The zero-order valence-corrected chi connectivity index (χ0v) is 7.81. The van der Waals surface area contributed by atoms with E-state index in [1.807, 2.05) is 24.3 Å². The molecule has 0 saturated heterocycles. The molecule has 0 amide bonds. The van der Waals surface area contributed by atoms with Crippen molar-refractivity contribution in [3.8, 4) is 0 Å². The van der Waals surface area contributed by atoms with Crippen molar-refractivity contribution in [3.05, 3.63) is 48.2 Å². The highest BCUT2D eigenvalue weighted by Crippen LogP contribution is 2.07. The summed E-state index contributed by atoms with van der Waals surface area (Å²) in [6.45, 7) is 0. The van der Waals surface area contributed by atoms with Crippen LogP contribution in [0.1, 0.15) is 11.5 Å². The maximum absolute atomic E-state index is 5.54. The number of pyridine rings is 1. The molecule has 0 spiro atoms. The van der Waals surface area contributed by atoms with Crippen molar-refractivity contribution in [3.63, 3.8) is 0 Å². The van der Waals surface area contributed by atoms with E-state index in [2.05, 4.69) is 4.98 Å². The Morgan fingerprint density at radius 1 is 1.21 bits per heavy atom. The summed E-state index contributed by atoms with van der Waals surface area (Å²) in [5.41, 5.74) is 7.27. The molecular formula is C11H12N2O. The van der Waals surface area contributed by atoms with E-state index >= 15 is 0 Å². The lowest BCUT2D eigenvalue weighted by Crippen LogP contribution is -1.94. The molecule has 0 unspecified atom stereocenters. The lowest BCUT2D eigenvalue weighted by Gasteiger charge is -1.98. The number of nitrogen functional groups attached to an aromatic ring is 1. The summed E-state index contributed by atoms with van der Waals surface area (Å²) in [6, 6.07) is 7.67. The Morgan fingerprint density at radius 3 is 2.79 bits per heavy atom. The summed E-state index contributed by atoms with van der Waals surface area (Å²) >= 11 is 0. The van der Waals surface area contributed by atoms with Crippen LogP contribution in [0, 0.1) is 0 Å². The van der Waals surface area contributed by atoms with Crippen LogP contribution in [0.2, 0.25) is 0 Å². The van der Waals surface area contributed by atoms with Gasteiger partial charge in [0.1, 0.15) is 5.76 Å². The summed E-state index contributed by atoms with van der Waals surface area (Å²) in [4.78, 5) is 4.21. The fraction of sp³-hybridized carbons (Fsp3) is 0.182. The van der Waals surface area contributed by atoms with Crippen LogP contribution in [-0.2, 0) is 12.8 Å². The number of hydrogen-bond acceptors (Lipinski definition) is 3. The minimum Gasteiger partial charge on any atom is -0.469 e. The predicted molar refractivity (Wildman–Crippen MR) is 54.8 cm³/mol. The number of anilines is 1. The number of aromatic nitrogens is 1. The Kier molecular flexibility index (Phi) is 2.49. The van der Waals surface area contributed by atoms with Gasteiger partial charge in [-0.2, -0.15) is 0 Å². The predicted octanol–water partition coefficient (Wildman–Crippen LogP) is 2.04. The summed E-state index contributed by atoms with van der Waals surface area (Å²) in [5, 5.41) is 0. The fourth-order valence-electron chi connectivity index (χ4n) is 1.29. The average Bonchev–Trinajstić information content (AvgIpc) is 2.70. The molecule has 3 heteroatoms. The normalized spacial score (nSPS) is 10.3. The second kappa shape index (κ2) is 3.96. The van der Waals surface area contributed by atoms with Gasteiger partial charge in [0.05, 0.1) is 18.1 Å². The van der Waals surface area contributed by atoms with Crippen molar-refractivity contribution in [2.24, 2.45) is 0 Å². The molecule has 0 radical (unpaired) electrons. The van der Waals surface area contributed by atoms with Crippen molar-refractivity contribution in [2.75, 3.05) is 5.73 Å². The molecule has 3 nitrogen and oxygen atoms in total. The van der Waals surface area contributed by atoms with Crippen LogP contribution in [0.5, 0.6) is 0 Å². The van der Waals surface area contributed by atoms with Gasteiger partial charge in [-0.25, -0.2) is 0 Å². The SMILES string of the molecule is Nc1ccc(CCc2ccco2)nc1. The standard InChI is InChI=1S/C11H12N2O/c12-9-3-4-10(13-8-9)5-6-11-2-1-7-14-11/h1-4,7-8H,5-6,12H2. The second-order valence-electron chi connectivity index (χ2n) is 3.16. The molecule has 2 N–H and O–H groups in total. The van der Waals surface area contributed by atoms with E-state index in [-0.39, 0.29) is 0 Å². The molecule has 0 aliphatic heterocycles. The van der Waals surface area contributed by atoms with Crippen LogP contribution in [0.3, 0.4) is 0 Å². The molecule has 2 aromatic rings. The fourth-order valence-corrected chi connectivity index (χ4v) is 1.29. The van der Waals surface area contributed by atoms with Gasteiger partial charge in [-0.15, -0.1) is 0 Å². The second-order valence-corrected chi connectivity index (χ2v) is 3.16. The Morgan fingerprint density at radius 2 is 2.14 bits per heavy atom. The highest BCUT2D eigenvalue weighted by Gasteiger charge is 1.98. The largest absolute Gasteiger partial charge is 0.469 e. The Labute approximate surface area is 82.6 Å². The lowest BCUT2D eigenvalue weighted by molar-refractivity contribution is 0.507. The van der Waals surface area contributed by atoms with Crippen molar-refractivity contribution < 1.29 is 4.42 Å². The van der Waals surface area contributed by atoms with Crippen LogP contribution in [-0.4, -0.2) is 4.98 Å². The maximum atomic E-state index is 5.54. The number of nitrogens with zero attached hydrogens (tertiary/aromatic N) is 1. The van der Waals surface area contributed by atoms with E-state index in [1.165, 1.54) is 0 Å². The molecule has 2 rings (SSSR count). The number of furan rings is 1. The van der Waals surface area contributed by atoms with Gasteiger partial charge >= 0.3 is 0 Å². The number of nitrogens with two attached hydrogens (primary N) is 1. The Bertz CT molecular complexity index is 378. The third-order valence-corrected chi connectivity index (χ3v) is 2.06. The Balaban J connectivity index is 1.95. The van der Waals surface area contributed by atoms with Crippen LogP contribution < -0.4 is 5.73 Å². The molecule has 0 aromatic carbocycles. The monoisotopic (exact) mass is 188 g/mol.